The lowest BCUT2D eigenvalue weighted by Crippen LogP contribution is -2.49. The van der Waals surface area contributed by atoms with Crippen molar-refractivity contribution in [2.24, 2.45) is 0 Å². The van der Waals surface area contributed by atoms with Crippen LogP contribution in [0.5, 0.6) is 0 Å². The largest absolute Gasteiger partial charge is 0.339 e. The molecule has 2 bridgehead atoms. The number of carbonyl (C=O) groups is 1. The molecule has 50 heavy (non-hydrogen) atoms. The van der Waals surface area contributed by atoms with Crippen molar-refractivity contribution in [3.05, 3.63) is 94.3 Å². The number of halogens is 3. The summed E-state index contributed by atoms with van der Waals surface area (Å²) in [6.45, 7) is 6.99. The topological polar surface area (TPSA) is 87.5 Å². The lowest BCUT2D eigenvalue weighted by molar-refractivity contribution is 0.0606. The lowest BCUT2D eigenvalue weighted by atomic mass is 9.70. The first-order valence-corrected chi connectivity index (χ1v) is 19.5. The number of hydrogen-bond donors (Lipinski definition) is 1. The fraction of sp³-hybridized carbons (Fsp3) is 0.474. The molecule has 1 aromatic heterocycles. The van der Waals surface area contributed by atoms with Gasteiger partial charge in [0.15, 0.2) is 0 Å². The molecular formula is C38H44ClF2N5O3S. The number of nitrogens with one attached hydrogen (secondary N) is 1. The van der Waals surface area contributed by atoms with E-state index in [9.17, 15) is 22.0 Å². The van der Waals surface area contributed by atoms with Crippen LogP contribution in [-0.2, 0) is 15.4 Å². The zero-order chi connectivity index (χ0) is 35.4. The summed E-state index contributed by atoms with van der Waals surface area (Å²) in [5.74, 6) is -0.699. The van der Waals surface area contributed by atoms with Gasteiger partial charge in [-0.05, 0) is 120 Å². The quantitative estimate of drug-likeness (QED) is 0.195. The van der Waals surface area contributed by atoms with Crippen LogP contribution in [0.25, 0.3) is 11.0 Å². The second-order valence-corrected chi connectivity index (χ2v) is 16.7. The van der Waals surface area contributed by atoms with E-state index in [1.807, 2.05) is 12.1 Å². The van der Waals surface area contributed by atoms with Crippen LogP contribution in [0.2, 0.25) is 5.02 Å². The summed E-state index contributed by atoms with van der Waals surface area (Å²) in [6.07, 6.45) is 6.48. The second kappa shape index (κ2) is 13.6. The normalized spacial score (nSPS) is 22.5. The fourth-order valence-corrected chi connectivity index (χ4v) is 10.4. The summed E-state index contributed by atoms with van der Waals surface area (Å²) in [5, 5.41) is -0.143. The number of piperidine rings is 2. The van der Waals surface area contributed by atoms with Gasteiger partial charge in [0.1, 0.15) is 22.4 Å². The molecule has 4 aromatic rings. The van der Waals surface area contributed by atoms with Crippen molar-refractivity contribution in [1.82, 2.24) is 24.1 Å². The molecular weight excluding hydrogens is 680 g/mol. The minimum absolute atomic E-state index is 0.0594. The minimum Gasteiger partial charge on any atom is -0.339 e. The molecule has 7 rings (SSSR count). The molecule has 0 radical (unpaired) electrons. The van der Waals surface area contributed by atoms with Gasteiger partial charge in [0.25, 0.3) is 5.91 Å². The van der Waals surface area contributed by atoms with E-state index < -0.39 is 32.7 Å². The van der Waals surface area contributed by atoms with Crippen molar-refractivity contribution >= 4 is 38.6 Å². The molecule has 3 aliphatic heterocycles. The standard InChI is InChI=1S/C38H44ClF2N5O3S/c1-24(2)43-50(48,49)36-22-31(32(39)23-33(36)41)37(47)44-16-13-38(14-17-44,26-7-6-8-27(40)19-26)15-18-45-28-11-12-29(45)21-30(20-28)46-25(3)42-34-9-4-5-10-35(34)46/h4-10,19,22-24,28-30,43H,11-18,20-21H2,1-3H3/t28-,29+,30+. The van der Waals surface area contributed by atoms with Crippen LogP contribution in [0.1, 0.15) is 86.6 Å². The van der Waals surface area contributed by atoms with Gasteiger partial charge >= 0.3 is 0 Å². The van der Waals surface area contributed by atoms with E-state index in [0.29, 0.717) is 44.1 Å². The molecule has 3 atom stereocenters. The first-order valence-electron chi connectivity index (χ1n) is 17.6. The number of aromatic nitrogens is 2. The van der Waals surface area contributed by atoms with Gasteiger partial charge in [-0.3, -0.25) is 9.69 Å². The van der Waals surface area contributed by atoms with Crippen molar-refractivity contribution in [2.75, 3.05) is 19.6 Å². The Morgan fingerprint density at radius 2 is 1.70 bits per heavy atom. The van der Waals surface area contributed by atoms with Gasteiger partial charge in [-0.15, -0.1) is 0 Å². The minimum atomic E-state index is -4.20. The monoisotopic (exact) mass is 723 g/mol. The van der Waals surface area contributed by atoms with Gasteiger partial charge in [0.05, 0.1) is 21.6 Å². The third-order valence-electron chi connectivity index (χ3n) is 11.2. The number of likely N-dealkylation sites (tertiary alicyclic amines) is 1. The predicted molar refractivity (Wildman–Crippen MR) is 191 cm³/mol. The van der Waals surface area contributed by atoms with Crippen molar-refractivity contribution in [1.29, 1.82) is 0 Å². The Kier molecular flexibility index (Phi) is 9.56. The van der Waals surface area contributed by atoms with E-state index in [0.717, 1.165) is 67.7 Å². The highest BCUT2D eigenvalue weighted by Gasteiger charge is 2.44. The molecule has 0 aliphatic carbocycles. The number of fused-ring (bicyclic) bond motifs is 3. The maximum atomic E-state index is 14.8. The summed E-state index contributed by atoms with van der Waals surface area (Å²) in [7, 11) is -4.20. The Morgan fingerprint density at radius 3 is 2.38 bits per heavy atom. The number of carbonyl (C=O) groups excluding carboxylic acids is 1. The van der Waals surface area contributed by atoms with E-state index in [1.165, 1.54) is 11.6 Å². The summed E-state index contributed by atoms with van der Waals surface area (Å²) in [6, 6.07) is 18.0. The number of nitrogens with zero attached hydrogens (tertiary/aromatic N) is 4. The Morgan fingerprint density at radius 1 is 1.00 bits per heavy atom. The summed E-state index contributed by atoms with van der Waals surface area (Å²) >= 11 is 6.33. The highest BCUT2D eigenvalue weighted by Crippen LogP contribution is 2.45. The molecule has 266 valence electrons. The highest BCUT2D eigenvalue weighted by atomic mass is 35.5. The number of aryl methyl sites for hydroxylation is 1. The highest BCUT2D eigenvalue weighted by molar-refractivity contribution is 7.89. The summed E-state index contributed by atoms with van der Waals surface area (Å²) in [4.78, 5) is 22.3. The third-order valence-corrected chi connectivity index (χ3v) is 13.2. The van der Waals surface area contributed by atoms with Crippen molar-refractivity contribution in [2.45, 2.75) is 100 Å². The van der Waals surface area contributed by atoms with Gasteiger partial charge in [-0.1, -0.05) is 35.9 Å². The first kappa shape index (κ1) is 35.0. The molecule has 3 fully saturated rings. The van der Waals surface area contributed by atoms with E-state index in [-0.39, 0.29) is 21.8 Å². The van der Waals surface area contributed by atoms with Crippen molar-refractivity contribution < 1.29 is 22.0 Å². The summed E-state index contributed by atoms with van der Waals surface area (Å²) < 4.78 is 60.0. The zero-order valence-corrected chi connectivity index (χ0v) is 30.3. The Bertz CT molecular complexity index is 2010. The van der Waals surface area contributed by atoms with Crippen LogP contribution in [0.4, 0.5) is 8.78 Å². The number of hydrogen-bond acceptors (Lipinski definition) is 5. The Hall–Kier alpha value is -3.38. The first-order chi connectivity index (χ1) is 23.8. The van der Waals surface area contributed by atoms with Gasteiger partial charge in [0.2, 0.25) is 10.0 Å². The maximum absolute atomic E-state index is 14.8. The van der Waals surface area contributed by atoms with E-state index >= 15 is 0 Å². The second-order valence-electron chi connectivity index (χ2n) is 14.6. The van der Waals surface area contributed by atoms with Crippen molar-refractivity contribution in [3.63, 3.8) is 0 Å². The average Bonchev–Trinajstić information content (AvgIpc) is 3.53. The number of para-hydroxylation sites is 2. The van der Waals surface area contributed by atoms with Crippen LogP contribution in [0.15, 0.2) is 65.6 Å². The Labute approximate surface area is 297 Å². The van der Waals surface area contributed by atoms with Gasteiger partial charge in [-0.2, -0.15) is 0 Å². The fourth-order valence-electron chi connectivity index (χ4n) is 8.87. The molecule has 1 amide bonds. The molecule has 0 unspecified atom stereocenters. The van der Waals surface area contributed by atoms with E-state index in [2.05, 4.69) is 39.3 Å². The molecule has 3 aromatic carbocycles. The van der Waals surface area contributed by atoms with Gasteiger partial charge < -0.3 is 9.47 Å². The number of sulfonamides is 1. The maximum Gasteiger partial charge on any atom is 0.255 e. The predicted octanol–water partition coefficient (Wildman–Crippen LogP) is 7.40. The number of rotatable bonds is 9. The summed E-state index contributed by atoms with van der Waals surface area (Å²) in [5.41, 5.74) is 2.75. The van der Waals surface area contributed by atoms with Crippen LogP contribution < -0.4 is 4.72 Å². The lowest BCUT2D eigenvalue weighted by Gasteiger charge is -2.45. The number of amides is 1. The zero-order valence-electron chi connectivity index (χ0n) is 28.7. The van der Waals surface area contributed by atoms with Gasteiger partial charge in [-0.25, -0.2) is 26.9 Å². The molecule has 4 heterocycles. The molecule has 1 N–H and O–H groups in total. The molecule has 0 saturated carbocycles. The van der Waals surface area contributed by atoms with E-state index in [1.54, 1.807) is 30.9 Å². The SMILES string of the molecule is Cc1nc2ccccc2n1[C@H]1C[C@H]2CC[C@@H](C1)N2CCC1(c2cccc(F)c2)CCN(C(=O)c2cc(S(=O)(=O)NC(C)C)c(F)cc2Cl)CC1. The van der Waals surface area contributed by atoms with Crippen LogP contribution >= 0.6 is 11.6 Å². The number of benzene rings is 3. The average molecular weight is 724 g/mol. The Balaban J connectivity index is 1.08. The van der Waals surface area contributed by atoms with Crippen LogP contribution in [-0.4, -0.2) is 71.4 Å². The smallest absolute Gasteiger partial charge is 0.255 e. The van der Waals surface area contributed by atoms with Crippen molar-refractivity contribution in [3.8, 4) is 0 Å². The molecule has 3 aliphatic rings. The third kappa shape index (κ3) is 6.58. The molecule has 0 spiro atoms. The van der Waals surface area contributed by atoms with Crippen LogP contribution in [0.3, 0.4) is 0 Å². The molecule has 8 nitrogen and oxygen atoms in total. The number of imidazole rings is 1. The molecule has 3 saturated heterocycles. The van der Waals surface area contributed by atoms with Crippen LogP contribution in [0, 0.1) is 18.6 Å². The molecule has 12 heteroatoms. The van der Waals surface area contributed by atoms with E-state index in [4.69, 9.17) is 16.6 Å². The van der Waals surface area contributed by atoms with Gasteiger partial charge in [0, 0.05) is 37.3 Å².